The quantitative estimate of drug-likeness (QED) is 0.0533. The number of amides is 1. The Hall–Kier alpha value is -6.40. The zero-order valence-corrected chi connectivity index (χ0v) is 41.8. The van der Waals surface area contributed by atoms with E-state index in [1.54, 1.807) is 26.0 Å². The highest BCUT2D eigenvalue weighted by molar-refractivity contribution is 7.90. The van der Waals surface area contributed by atoms with Crippen LogP contribution in [-0.4, -0.2) is 101 Å². The molecule has 2 atom stereocenters. The second-order valence-corrected chi connectivity index (χ2v) is 22.1. The van der Waals surface area contributed by atoms with Crippen molar-refractivity contribution in [3.05, 3.63) is 99.6 Å². The van der Waals surface area contributed by atoms with Gasteiger partial charge < -0.3 is 34.5 Å². The Balaban J connectivity index is 0.942. The maximum Gasteiger partial charge on any atom is 0.312 e. The maximum atomic E-state index is 14.9. The molecule has 5 heterocycles. The lowest BCUT2D eigenvalue weighted by Crippen LogP contribution is -2.59. The van der Waals surface area contributed by atoms with Crippen molar-refractivity contribution >= 4 is 44.2 Å². The monoisotopic (exact) mass is 1010 g/mol. The van der Waals surface area contributed by atoms with Crippen molar-refractivity contribution in [2.24, 2.45) is 11.3 Å². The van der Waals surface area contributed by atoms with Crippen LogP contribution in [0.2, 0.25) is 0 Å². The predicted molar refractivity (Wildman–Crippen MR) is 267 cm³/mol. The highest BCUT2D eigenvalue weighted by Crippen LogP contribution is 2.54. The minimum atomic E-state index is -4.75. The summed E-state index contributed by atoms with van der Waals surface area (Å²) in [6.07, 6.45) is 8.70. The fourth-order valence-electron chi connectivity index (χ4n) is 11.0. The average Bonchev–Trinajstić information content (AvgIpc) is 3.71. The number of ether oxygens (including phenoxy) is 3. The lowest BCUT2D eigenvalue weighted by atomic mass is 9.59. The lowest BCUT2D eigenvalue weighted by Gasteiger charge is -2.58. The molecule has 18 nitrogen and oxygen atoms in total. The number of carbonyl (C=O) groups is 1. The molecule has 0 bridgehead atoms. The number of nitrogens with one attached hydrogen (secondary N) is 3. The number of halogens is 1. The van der Waals surface area contributed by atoms with E-state index in [9.17, 15) is 38.1 Å². The van der Waals surface area contributed by atoms with E-state index in [4.69, 9.17) is 14.2 Å². The number of benzene rings is 2. The molecule has 2 aliphatic heterocycles. The van der Waals surface area contributed by atoms with E-state index in [0.717, 1.165) is 44.1 Å². The molecule has 9 rings (SSSR count). The Morgan fingerprint density at radius 3 is 2.57 bits per heavy atom. The van der Waals surface area contributed by atoms with Crippen molar-refractivity contribution in [2.75, 3.05) is 49.6 Å². The predicted octanol–water partition coefficient (Wildman–Crippen LogP) is 8.90. The Kier molecular flexibility index (Phi) is 14.5. The zero-order chi connectivity index (χ0) is 51.0. The van der Waals surface area contributed by atoms with Crippen LogP contribution in [0.25, 0.3) is 11.0 Å². The molecule has 72 heavy (non-hydrogen) atoms. The van der Waals surface area contributed by atoms with Crippen LogP contribution in [0.4, 0.5) is 21.6 Å². The fourth-order valence-corrected chi connectivity index (χ4v) is 12.0. The lowest BCUT2D eigenvalue weighted by molar-refractivity contribution is -0.384. The van der Waals surface area contributed by atoms with E-state index in [1.807, 2.05) is 4.72 Å². The number of carbonyl (C=O) groups excluding carboxylic acids is 1. The first-order valence-corrected chi connectivity index (χ1v) is 26.3. The molecule has 2 aliphatic carbocycles. The van der Waals surface area contributed by atoms with Gasteiger partial charge in [-0.25, -0.2) is 22.5 Å². The molecule has 4 N–H and O–H groups in total. The molecule has 0 unspecified atom stereocenters. The number of nitro groups is 1. The third-order valence-electron chi connectivity index (χ3n) is 15.2. The molecule has 2 aromatic carbocycles. The van der Waals surface area contributed by atoms with Crippen LogP contribution in [0.15, 0.2) is 71.9 Å². The second kappa shape index (κ2) is 20.6. The van der Waals surface area contributed by atoms with Gasteiger partial charge in [0.15, 0.2) is 5.75 Å². The molecule has 0 radical (unpaired) electrons. The number of H-pyrrole nitrogens is 1. The molecular formula is C52H62FN9O9S. The number of aromatic nitrogens is 3. The van der Waals surface area contributed by atoms with Gasteiger partial charge in [-0.3, -0.25) is 19.8 Å². The third-order valence-corrected chi connectivity index (χ3v) is 16.5. The molecule has 4 fully saturated rings. The van der Waals surface area contributed by atoms with Gasteiger partial charge in [0.05, 0.1) is 65.5 Å². The number of anilines is 2. The number of hydrogen-bond donors (Lipinski definition) is 4. The number of aliphatic hydroxyl groups is 1. The van der Waals surface area contributed by atoms with Gasteiger partial charge in [0, 0.05) is 62.3 Å². The van der Waals surface area contributed by atoms with Gasteiger partial charge in [0.1, 0.15) is 22.1 Å². The summed E-state index contributed by atoms with van der Waals surface area (Å²) in [7, 11) is -4.75. The summed E-state index contributed by atoms with van der Waals surface area (Å²) in [5.41, 5.74) is 2.07. The smallest absolute Gasteiger partial charge is 0.312 e. The Morgan fingerprint density at radius 1 is 1.11 bits per heavy atom. The topological polar surface area (TPSA) is 238 Å². The molecule has 5 aromatic rings. The summed E-state index contributed by atoms with van der Waals surface area (Å²) in [5.74, 6) is -1.42. The van der Waals surface area contributed by atoms with Crippen LogP contribution in [0.1, 0.15) is 119 Å². The van der Waals surface area contributed by atoms with Crippen molar-refractivity contribution in [3.8, 4) is 23.4 Å². The van der Waals surface area contributed by atoms with Gasteiger partial charge >= 0.3 is 5.69 Å². The van der Waals surface area contributed by atoms with E-state index < -0.39 is 42.9 Å². The Labute approximate surface area is 418 Å². The summed E-state index contributed by atoms with van der Waals surface area (Å²) >= 11 is 0. The first-order chi connectivity index (χ1) is 34.4. The van der Waals surface area contributed by atoms with Gasteiger partial charge in [-0.15, -0.1) is 0 Å². The van der Waals surface area contributed by atoms with Crippen LogP contribution in [0.5, 0.6) is 17.4 Å². The zero-order valence-electron chi connectivity index (χ0n) is 41.0. The Bertz CT molecular complexity index is 2970. The number of nitriles is 1. The van der Waals surface area contributed by atoms with Crippen molar-refractivity contribution in [1.82, 2.24) is 24.6 Å². The van der Waals surface area contributed by atoms with Crippen LogP contribution < -0.4 is 24.4 Å². The van der Waals surface area contributed by atoms with Gasteiger partial charge in [-0.1, -0.05) is 38.1 Å². The first-order valence-electron chi connectivity index (χ1n) is 24.8. The molecule has 20 heteroatoms. The second-order valence-electron chi connectivity index (χ2n) is 20.5. The first kappa shape index (κ1) is 50.5. The summed E-state index contributed by atoms with van der Waals surface area (Å²) in [5, 5.41) is 35.2. The molecular weight excluding hydrogens is 946 g/mol. The molecule has 4 aliphatic rings. The molecule has 1 spiro atoms. The van der Waals surface area contributed by atoms with E-state index in [2.05, 4.69) is 74.3 Å². The number of fused-ring (bicyclic) bond motifs is 1. The van der Waals surface area contributed by atoms with Gasteiger partial charge in [0.25, 0.3) is 21.8 Å². The van der Waals surface area contributed by atoms with Crippen molar-refractivity contribution in [2.45, 2.75) is 120 Å². The molecule has 2 saturated heterocycles. The van der Waals surface area contributed by atoms with E-state index in [0.29, 0.717) is 82.5 Å². The van der Waals surface area contributed by atoms with Crippen LogP contribution >= 0.6 is 0 Å². The highest BCUT2D eigenvalue weighted by atomic mass is 32.2. The van der Waals surface area contributed by atoms with E-state index in [1.165, 1.54) is 23.3 Å². The molecule has 3 aromatic heterocycles. The van der Waals surface area contributed by atoms with Crippen molar-refractivity contribution in [3.63, 3.8) is 0 Å². The normalized spacial score (nSPS) is 22.6. The number of aromatic amines is 1. The number of morpholine rings is 1. The number of pyridine rings is 2. The highest BCUT2D eigenvalue weighted by Gasteiger charge is 2.50. The summed E-state index contributed by atoms with van der Waals surface area (Å²) in [6.45, 7) is 11.1. The van der Waals surface area contributed by atoms with Crippen molar-refractivity contribution < 1.29 is 41.8 Å². The van der Waals surface area contributed by atoms with Crippen molar-refractivity contribution in [1.29, 1.82) is 5.26 Å². The van der Waals surface area contributed by atoms with E-state index in [-0.39, 0.29) is 69.9 Å². The third kappa shape index (κ3) is 10.7. The summed E-state index contributed by atoms with van der Waals surface area (Å²) in [6, 6.07) is 18.3. The summed E-state index contributed by atoms with van der Waals surface area (Å²) in [4.78, 5) is 41.1. The molecule has 1 amide bonds. The minimum absolute atomic E-state index is 0.00673. The fraction of sp³-hybridized carbons (Fsp3) is 0.500. The summed E-state index contributed by atoms with van der Waals surface area (Å²) < 4.78 is 63.1. The number of piperidine rings is 1. The number of hydrogen-bond acceptors (Lipinski definition) is 15. The van der Waals surface area contributed by atoms with Crippen LogP contribution in [-0.2, 0) is 14.8 Å². The average molecular weight is 1010 g/mol. The standard InChI is InChI=1S/C52H62FN9O9S/c1-5-69-50-46(24-41-42(53)29-57-47(41)58-50)71-45-22-34(10-11-40(45)49(63)59-72(67,68)37-23-43(62(65)66)48(56-28-37)55-27-33-12-15-51(4,64)16-13-33)60-20-17-52(18-21-60)25-35(26-52)61-30-36(14-19-54)70-31-44(61)39-9-7-6-8-38(39)32(2)3/h6-11,22-24,28-29,32-33,35-36,44,64H,5,12-18,20-21,25-27,30-31H2,1-4H3,(H,55,56)(H,57,58)(H,59,63)/t33?,36-,44+,51?/m1/s1. The largest absolute Gasteiger partial charge is 0.475 e. The molecule has 382 valence electrons. The maximum absolute atomic E-state index is 14.9. The number of nitrogens with zero attached hydrogens (tertiary/aromatic N) is 6. The van der Waals surface area contributed by atoms with Crippen LogP contribution in [0.3, 0.4) is 0 Å². The van der Waals surface area contributed by atoms with Crippen LogP contribution in [0, 0.1) is 38.6 Å². The SMILES string of the molecule is CCOc1nc2[nH]cc(F)c2cc1Oc1cc(N2CCC3(CC2)CC(N2C[C@@H](CC#N)OC[C@H]2c2ccccc2C(C)C)C3)ccc1C(=O)NS(=O)(=O)c1cnc(NCC2CCC(C)(O)CC2)c([N+](=O)[O-])c1. The van der Waals surface area contributed by atoms with Gasteiger partial charge in [-0.05, 0) is 106 Å². The number of sulfonamides is 1. The minimum Gasteiger partial charge on any atom is -0.475 e. The molecule has 2 saturated carbocycles. The van der Waals surface area contributed by atoms with Gasteiger partial charge in [0.2, 0.25) is 5.82 Å². The Morgan fingerprint density at radius 2 is 1.86 bits per heavy atom. The van der Waals surface area contributed by atoms with Gasteiger partial charge in [-0.2, -0.15) is 10.2 Å². The number of rotatable bonds is 16. The van der Waals surface area contributed by atoms with E-state index >= 15 is 0 Å².